The summed E-state index contributed by atoms with van der Waals surface area (Å²) in [5.41, 5.74) is 3.68. The molecule has 0 aromatic heterocycles. The number of carboxylic acids is 1. The fraction of sp³-hybridized carbons (Fsp3) is 0.423. The van der Waals surface area contributed by atoms with Crippen molar-refractivity contribution < 1.29 is 24.2 Å². The number of amides is 2. The lowest BCUT2D eigenvalue weighted by atomic mass is 9.85. The predicted molar refractivity (Wildman–Crippen MR) is 124 cm³/mol. The van der Waals surface area contributed by atoms with Crippen molar-refractivity contribution in [2.45, 2.75) is 45.1 Å². The van der Waals surface area contributed by atoms with Gasteiger partial charge in [-0.15, -0.1) is 0 Å². The SMILES string of the molecule is CCC(C)(CNC(=O)OCC1c2ccccc2-c2ccccc21)C(=O)N(CC(=O)O)C1CC1. The highest BCUT2D eigenvalue weighted by atomic mass is 16.5. The molecule has 7 heteroatoms. The number of ether oxygens (including phenoxy) is 1. The average molecular weight is 451 g/mol. The number of benzene rings is 2. The topological polar surface area (TPSA) is 95.9 Å². The first kappa shape index (κ1) is 22.8. The van der Waals surface area contributed by atoms with E-state index in [2.05, 4.69) is 29.6 Å². The van der Waals surface area contributed by atoms with Crippen LogP contribution in [0.2, 0.25) is 0 Å². The summed E-state index contributed by atoms with van der Waals surface area (Å²) < 4.78 is 5.58. The molecule has 1 saturated carbocycles. The second-order valence-corrected chi connectivity index (χ2v) is 9.15. The molecule has 4 rings (SSSR count). The lowest BCUT2D eigenvalue weighted by Gasteiger charge is -2.33. The van der Waals surface area contributed by atoms with E-state index >= 15 is 0 Å². The largest absolute Gasteiger partial charge is 0.480 e. The van der Waals surface area contributed by atoms with Crippen LogP contribution in [0.15, 0.2) is 48.5 Å². The molecule has 0 saturated heterocycles. The number of nitrogens with one attached hydrogen (secondary N) is 1. The highest BCUT2D eigenvalue weighted by Gasteiger charge is 2.42. The molecule has 1 fully saturated rings. The van der Waals surface area contributed by atoms with Crippen LogP contribution in [0.4, 0.5) is 4.79 Å². The van der Waals surface area contributed by atoms with Crippen LogP contribution in [-0.4, -0.2) is 53.7 Å². The molecule has 2 N–H and O–H groups in total. The Labute approximate surface area is 193 Å². The Balaban J connectivity index is 1.38. The number of fused-ring (bicyclic) bond motifs is 3. The minimum absolute atomic E-state index is 0.0195. The first-order valence-corrected chi connectivity index (χ1v) is 11.5. The molecule has 1 unspecified atom stereocenters. The maximum Gasteiger partial charge on any atom is 0.407 e. The molecule has 1 atom stereocenters. The fourth-order valence-corrected chi connectivity index (χ4v) is 4.51. The molecule has 7 nitrogen and oxygen atoms in total. The van der Waals surface area contributed by atoms with Crippen LogP contribution in [0.3, 0.4) is 0 Å². The molecule has 0 spiro atoms. The number of rotatable bonds is 9. The highest BCUT2D eigenvalue weighted by molar-refractivity contribution is 5.87. The van der Waals surface area contributed by atoms with Crippen molar-refractivity contribution in [3.63, 3.8) is 0 Å². The summed E-state index contributed by atoms with van der Waals surface area (Å²) in [6.07, 6.45) is 1.52. The Bertz CT molecular complexity index is 1020. The second kappa shape index (κ2) is 9.25. The Kier molecular flexibility index (Phi) is 6.40. The summed E-state index contributed by atoms with van der Waals surface area (Å²) in [6.45, 7) is 3.59. The first-order chi connectivity index (χ1) is 15.8. The fourth-order valence-electron chi connectivity index (χ4n) is 4.51. The van der Waals surface area contributed by atoms with Gasteiger partial charge >= 0.3 is 12.1 Å². The van der Waals surface area contributed by atoms with Crippen LogP contribution in [0.25, 0.3) is 11.1 Å². The number of hydrogen-bond acceptors (Lipinski definition) is 4. The molecular weight excluding hydrogens is 420 g/mol. The number of hydrogen-bond donors (Lipinski definition) is 2. The zero-order valence-corrected chi connectivity index (χ0v) is 19.0. The van der Waals surface area contributed by atoms with Crippen molar-refractivity contribution in [3.05, 3.63) is 59.7 Å². The summed E-state index contributed by atoms with van der Waals surface area (Å²) in [7, 11) is 0. The van der Waals surface area contributed by atoms with E-state index in [1.54, 1.807) is 6.92 Å². The van der Waals surface area contributed by atoms with Gasteiger partial charge in [-0.1, -0.05) is 55.5 Å². The molecular formula is C26H30N2O5. The molecule has 2 aliphatic rings. The standard InChI is InChI=1S/C26H30N2O5/c1-3-26(2,24(31)28(14-23(29)30)17-12-13-17)16-27-25(32)33-15-22-20-10-6-4-8-18(20)19-9-5-7-11-21(19)22/h4-11,17,22H,3,12-16H2,1-2H3,(H,27,32)(H,29,30). The summed E-state index contributed by atoms with van der Waals surface area (Å²) in [4.78, 5) is 38.4. The van der Waals surface area contributed by atoms with Crippen molar-refractivity contribution in [2.75, 3.05) is 19.7 Å². The van der Waals surface area contributed by atoms with Crippen molar-refractivity contribution >= 4 is 18.0 Å². The van der Waals surface area contributed by atoms with E-state index in [9.17, 15) is 19.5 Å². The molecule has 0 bridgehead atoms. The third-order valence-electron chi connectivity index (χ3n) is 6.82. The minimum Gasteiger partial charge on any atom is -0.480 e. The number of carbonyl (C=O) groups is 3. The molecule has 33 heavy (non-hydrogen) atoms. The predicted octanol–water partition coefficient (Wildman–Crippen LogP) is 4.02. The van der Waals surface area contributed by atoms with Crippen LogP contribution >= 0.6 is 0 Å². The van der Waals surface area contributed by atoms with Gasteiger partial charge in [-0.2, -0.15) is 0 Å². The second-order valence-electron chi connectivity index (χ2n) is 9.15. The van der Waals surface area contributed by atoms with Crippen molar-refractivity contribution in [3.8, 4) is 11.1 Å². The molecule has 2 aliphatic carbocycles. The van der Waals surface area contributed by atoms with E-state index in [4.69, 9.17) is 4.74 Å². The maximum absolute atomic E-state index is 13.1. The molecule has 174 valence electrons. The molecule has 2 aromatic rings. The van der Waals surface area contributed by atoms with E-state index in [1.165, 1.54) is 4.90 Å². The van der Waals surface area contributed by atoms with Crippen LogP contribution in [-0.2, 0) is 14.3 Å². The molecule has 0 aliphatic heterocycles. The van der Waals surface area contributed by atoms with E-state index < -0.39 is 17.5 Å². The minimum atomic E-state index is -1.03. The normalized spacial score (nSPS) is 16.3. The number of carboxylic acid groups (broad SMARTS) is 1. The van der Waals surface area contributed by atoms with Gasteiger partial charge in [0, 0.05) is 18.5 Å². The Hall–Kier alpha value is -3.35. The van der Waals surface area contributed by atoms with Crippen molar-refractivity contribution in [1.82, 2.24) is 10.2 Å². The lowest BCUT2D eigenvalue weighted by Crippen LogP contribution is -2.50. The van der Waals surface area contributed by atoms with Crippen LogP contribution in [0.5, 0.6) is 0 Å². The Morgan fingerprint density at radius 1 is 1.06 bits per heavy atom. The van der Waals surface area contributed by atoms with Gasteiger partial charge < -0.3 is 20.1 Å². The Morgan fingerprint density at radius 2 is 1.64 bits per heavy atom. The zero-order valence-electron chi connectivity index (χ0n) is 19.0. The third-order valence-corrected chi connectivity index (χ3v) is 6.82. The summed E-state index contributed by atoms with van der Waals surface area (Å²) in [5.74, 6) is -1.31. The highest BCUT2D eigenvalue weighted by Crippen LogP contribution is 2.44. The van der Waals surface area contributed by atoms with E-state index in [1.807, 2.05) is 31.2 Å². The zero-order chi connectivity index (χ0) is 23.6. The summed E-state index contributed by atoms with van der Waals surface area (Å²) in [5, 5.41) is 11.9. The molecule has 2 aromatic carbocycles. The first-order valence-electron chi connectivity index (χ1n) is 11.5. The van der Waals surface area contributed by atoms with E-state index in [0.29, 0.717) is 6.42 Å². The van der Waals surface area contributed by atoms with E-state index in [0.717, 1.165) is 35.1 Å². The average Bonchev–Trinajstić information content (AvgIpc) is 3.62. The van der Waals surface area contributed by atoms with Crippen LogP contribution in [0.1, 0.15) is 50.2 Å². The van der Waals surface area contributed by atoms with Gasteiger partial charge in [0.2, 0.25) is 5.91 Å². The van der Waals surface area contributed by atoms with Gasteiger partial charge in [0.25, 0.3) is 0 Å². The molecule has 0 radical (unpaired) electrons. The third kappa shape index (κ3) is 4.72. The van der Waals surface area contributed by atoms with Crippen LogP contribution in [0, 0.1) is 5.41 Å². The maximum atomic E-state index is 13.1. The van der Waals surface area contributed by atoms with Gasteiger partial charge in [0.15, 0.2) is 0 Å². The number of alkyl carbamates (subject to hydrolysis) is 1. The smallest absolute Gasteiger partial charge is 0.407 e. The van der Waals surface area contributed by atoms with Gasteiger partial charge in [-0.25, -0.2) is 4.79 Å². The molecule has 0 heterocycles. The summed E-state index contributed by atoms with van der Waals surface area (Å²) >= 11 is 0. The van der Waals surface area contributed by atoms with E-state index in [-0.39, 0.29) is 37.6 Å². The number of carbonyl (C=O) groups excluding carboxylic acids is 2. The van der Waals surface area contributed by atoms with Crippen molar-refractivity contribution in [1.29, 1.82) is 0 Å². The van der Waals surface area contributed by atoms with Gasteiger partial charge in [-0.3, -0.25) is 9.59 Å². The number of nitrogens with zero attached hydrogens (tertiary/aromatic N) is 1. The van der Waals surface area contributed by atoms with Gasteiger partial charge in [0.1, 0.15) is 13.2 Å². The molecule has 2 amide bonds. The Morgan fingerprint density at radius 3 is 2.15 bits per heavy atom. The van der Waals surface area contributed by atoms with Crippen LogP contribution < -0.4 is 5.32 Å². The lowest BCUT2D eigenvalue weighted by molar-refractivity contribution is -0.150. The van der Waals surface area contributed by atoms with Gasteiger partial charge in [-0.05, 0) is 48.4 Å². The summed E-state index contributed by atoms with van der Waals surface area (Å²) in [6, 6.07) is 16.2. The monoisotopic (exact) mass is 450 g/mol. The quantitative estimate of drug-likeness (QED) is 0.602. The van der Waals surface area contributed by atoms with Gasteiger partial charge in [0.05, 0.1) is 5.41 Å². The van der Waals surface area contributed by atoms with Crippen molar-refractivity contribution in [2.24, 2.45) is 5.41 Å². The number of aliphatic carboxylic acids is 1.